The van der Waals surface area contributed by atoms with E-state index in [4.69, 9.17) is 0 Å². The van der Waals surface area contributed by atoms with E-state index in [1.54, 1.807) is 29.4 Å². The summed E-state index contributed by atoms with van der Waals surface area (Å²) in [5.41, 5.74) is 1.27. The van der Waals surface area contributed by atoms with Gasteiger partial charge in [0.25, 0.3) is 0 Å². The van der Waals surface area contributed by atoms with E-state index >= 15 is 0 Å². The third-order valence-corrected chi connectivity index (χ3v) is 6.92. The summed E-state index contributed by atoms with van der Waals surface area (Å²) < 4.78 is 28.3. The predicted molar refractivity (Wildman–Crippen MR) is 132 cm³/mol. The molecule has 0 radical (unpaired) electrons. The van der Waals surface area contributed by atoms with Crippen molar-refractivity contribution in [1.29, 1.82) is 0 Å². The molecule has 1 fully saturated rings. The summed E-state index contributed by atoms with van der Waals surface area (Å²) in [5.74, 6) is 1.14. The molecule has 0 aliphatic heterocycles. The summed E-state index contributed by atoms with van der Waals surface area (Å²) in [6.07, 6.45) is 8.98. The number of guanidine groups is 1. The van der Waals surface area contributed by atoms with Crippen molar-refractivity contribution < 1.29 is 8.60 Å². The second kappa shape index (κ2) is 12.4. The van der Waals surface area contributed by atoms with Crippen LogP contribution in [0.5, 0.6) is 0 Å². The van der Waals surface area contributed by atoms with Crippen LogP contribution in [0, 0.1) is 5.82 Å². The van der Waals surface area contributed by atoms with Crippen molar-refractivity contribution >= 4 is 40.7 Å². The second-order valence-electron chi connectivity index (χ2n) is 7.25. The lowest BCUT2D eigenvalue weighted by Gasteiger charge is -2.30. The Hall–Kier alpha value is -1.49. The first-order valence-electron chi connectivity index (χ1n) is 10.3. The third-order valence-electron chi connectivity index (χ3n) is 5.18. The molecule has 3 rings (SSSR count). The Kier molecular flexibility index (Phi) is 10.2. The molecular formula is C21H31FIN5OS. The molecule has 1 saturated carbocycles. The number of benzene rings is 1. The van der Waals surface area contributed by atoms with Crippen LogP contribution in [0.1, 0.15) is 45.1 Å². The van der Waals surface area contributed by atoms with E-state index in [2.05, 4.69) is 20.6 Å². The fourth-order valence-electron chi connectivity index (χ4n) is 3.69. The zero-order valence-corrected chi connectivity index (χ0v) is 20.7. The Balaban J connectivity index is 0.00000320. The standard InChI is InChI=1S/C21H30FN5OS.HI/c1-3-24-21(26-17-6-5-7-18(13-17)29(28)4-2)25-14-16-8-9-20(19(22)12-16)27-11-10-23-15-27;/h8-12,15,17-18H,3-7,13-14H2,1-2H3,(H2,24,25,26);1H. The van der Waals surface area contributed by atoms with Gasteiger partial charge in [-0.15, -0.1) is 24.0 Å². The number of hydrogen-bond donors (Lipinski definition) is 2. The minimum atomic E-state index is -0.752. The molecule has 1 aromatic heterocycles. The molecular weight excluding hydrogens is 516 g/mol. The Labute approximate surface area is 197 Å². The average molecular weight is 547 g/mol. The largest absolute Gasteiger partial charge is 0.357 e. The zero-order valence-electron chi connectivity index (χ0n) is 17.5. The first kappa shape index (κ1) is 24.8. The van der Waals surface area contributed by atoms with Gasteiger partial charge in [0.2, 0.25) is 0 Å². The molecule has 0 spiro atoms. The number of halogens is 2. The number of imidazole rings is 1. The molecule has 6 nitrogen and oxygen atoms in total. The smallest absolute Gasteiger partial charge is 0.191 e. The van der Waals surface area contributed by atoms with Crippen molar-refractivity contribution in [3.8, 4) is 5.69 Å². The second-order valence-corrected chi connectivity index (χ2v) is 9.26. The molecule has 2 N–H and O–H groups in total. The Bertz CT molecular complexity index is 846. The van der Waals surface area contributed by atoms with Gasteiger partial charge in [-0.2, -0.15) is 0 Å². The summed E-state index contributed by atoms with van der Waals surface area (Å²) in [6.45, 7) is 5.13. The van der Waals surface area contributed by atoms with Crippen LogP contribution in [0.25, 0.3) is 5.69 Å². The van der Waals surface area contributed by atoms with E-state index in [9.17, 15) is 8.60 Å². The molecule has 2 aromatic rings. The highest BCUT2D eigenvalue weighted by atomic mass is 127. The molecule has 0 amide bonds. The van der Waals surface area contributed by atoms with E-state index in [-0.39, 0.29) is 41.1 Å². The lowest BCUT2D eigenvalue weighted by atomic mass is 9.95. The summed E-state index contributed by atoms with van der Waals surface area (Å²) in [5, 5.41) is 7.01. The first-order valence-corrected chi connectivity index (χ1v) is 11.7. The lowest BCUT2D eigenvalue weighted by Crippen LogP contribution is -2.46. The highest BCUT2D eigenvalue weighted by Gasteiger charge is 2.26. The van der Waals surface area contributed by atoms with Crippen LogP contribution in [-0.4, -0.2) is 43.3 Å². The third kappa shape index (κ3) is 6.76. The van der Waals surface area contributed by atoms with E-state index in [1.807, 2.05) is 19.9 Å². The predicted octanol–water partition coefficient (Wildman–Crippen LogP) is 3.76. The number of nitrogens with zero attached hydrogens (tertiary/aromatic N) is 3. The highest BCUT2D eigenvalue weighted by molar-refractivity contribution is 14.0. The van der Waals surface area contributed by atoms with Gasteiger partial charge < -0.3 is 15.2 Å². The van der Waals surface area contributed by atoms with Crippen LogP contribution in [0.15, 0.2) is 41.9 Å². The molecule has 166 valence electrons. The van der Waals surface area contributed by atoms with Gasteiger partial charge in [0.15, 0.2) is 5.96 Å². The van der Waals surface area contributed by atoms with Crippen LogP contribution in [0.2, 0.25) is 0 Å². The van der Waals surface area contributed by atoms with Gasteiger partial charge in [0.1, 0.15) is 5.82 Å². The molecule has 9 heteroatoms. The summed E-state index contributed by atoms with van der Waals surface area (Å²) in [7, 11) is -0.752. The molecule has 1 aromatic carbocycles. The quantitative estimate of drug-likeness (QED) is 0.315. The van der Waals surface area contributed by atoms with Crippen LogP contribution in [0.4, 0.5) is 4.39 Å². The molecule has 0 saturated heterocycles. The molecule has 3 atom stereocenters. The van der Waals surface area contributed by atoms with Crippen molar-refractivity contribution in [2.75, 3.05) is 12.3 Å². The molecule has 1 heterocycles. The van der Waals surface area contributed by atoms with E-state index in [1.165, 1.54) is 6.07 Å². The molecule has 1 aliphatic rings. The summed E-state index contributed by atoms with van der Waals surface area (Å²) in [6, 6.07) is 5.41. The van der Waals surface area contributed by atoms with Crippen molar-refractivity contribution in [2.45, 2.75) is 57.4 Å². The molecule has 3 unspecified atom stereocenters. The Morgan fingerprint density at radius 2 is 2.20 bits per heavy atom. The van der Waals surface area contributed by atoms with E-state index in [0.717, 1.165) is 43.8 Å². The number of hydrogen-bond acceptors (Lipinski definition) is 3. The topological polar surface area (TPSA) is 71.3 Å². The van der Waals surface area contributed by atoms with Gasteiger partial charge in [-0.05, 0) is 43.9 Å². The molecule has 30 heavy (non-hydrogen) atoms. The van der Waals surface area contributed by atoms with Crippen LogP contribution in [-0.2, 0) is 17.3 Å². The minimum Gasteiger partial charge on any atom is -0.357 e. The first-order chi connectivity index (χ1) is 14.1. The van der Waals surface area contributed by atoms with Crippen LogP contribution < -0.4 is 10.6 Å². The van der Waals surface area contributed by atoms with Gasteiger partial charge >= 0.3 is 0 Å². The van der Waals surface area contributed by atoms with Crippen molar-refractivity contribution in [3.63, 3.8) is 0 Å². The minimum absolute atomic E-state index is 0. The lowest BCUT2D eigenvalue weighted by molar-refractivity contribution is 0.413. The van der Waals surface area contributed by atoms with Crippen LogP contribution >= 0.6 is 24.0 Å². The van der Waals surface area contributed by atoms with E-state index in [0.29, 0.717) is 18.0 Å². The fourth-order valence-corrected chi connectivity index (χ4v) is 5.04. The summed E-state index contributed by atoms with van der Waals surface area (Å²) in [4.78, 5) is 8.59. The maximum Gasteiger partial charge on any atom is 0.191 e. The zero-order chi connectivity index (χ0) is 20.6. The Morgan fingerprint density at radius 1 is 1.37 bits per heavy atom. The van der Waals surface area contributed by atoms with Crippen LogP contribution in [0.3, 0.4) is 0 Å². The maximum atomic E-state index is 14.5. The van der Waals surface area contributed by atoms with E-state index < -0.39 is 10.8 Å². The number of aliphatic imine (C=N–C) groups is 1. The molecule has 0 bridgehead atoms. The summed E-state index contributed by atoms with van der Waals surface area (Å²) >= 11 is 0. The average Bonchev–Trinajstić information content (AvgIpc) is 3.26. The molecule has 1 aliphatic carbocycles. The van der Waals surface area contributed by atoms with Gasteiger partial charge in [-0.1, -0.05) is 19.4 Å². The van der Waals surface area contributed by atoms with Gasteiger partial charge in [-0.3, -0.25) is 4.21 Å². The van der Waals surface area contributed by atoms with Crippen molar-refractivity contribution in [3.05, 3.63) is 48.3 Å². The highest BCUT2D eigenvalue weighted by Crippen LogP contribution is 2.23. The van der Waals surface area contributed by atoms with Gasteiger partial charge in [-0.25, -0.2) is 14.4 Å². The number of aromatic nitrogens is 2. The van der Waals surface area contributed by atoms with Gasteiger partial charge in [0, 0.05) is 46.8 Å². The number of nitrogens with one attached hydrogen (secondary N) is 2. The fraction of sp³-hybridized carbons (Fsp3) is 0.524. The van der Waals surface area contributed by atoms with Crippen molar-refractivity contribution in [2.24, 2.45) is 4.99 Å². The normalized spacial score (nSPS) is 20.3. The van der Waals surface area contributed by atoms with Crippen molar-refractivity contribution in [1.82, 2.24) is 20.2 Å². The van der Waals surface area contributed by atoms with Gasteiger partial charge in [0.05, 0.1) is 18.6 Å². The Morgan fingerprint density at radius 3 is 2.87 bits per heavy atom. The SMILES string of the molecule is CCNC(=NCc1ccc(-n2ccnc2)c(F)c1)NC1CCCC(S(=O)CC)C1.I. The monoisotopic (exact) mass is 547 g/mol. The maximum absolute atomic E-state index is 14.5. The number of rotatable bonds is 7.